The number of hydrogen-bond acceptors (Lipinski definition) is 2. The van der Waals surface area contributed by atoms with Crippen molar-refractivity contribution in [1.29, 1.82) is 0 Å². The Labute approximate surface area is 97.7 Å². The van der Waals surface area contributed by atoms with Crippen molar-refractivity contribution < 1.29 is 5.11 Å². The fourth-order valence-corrected chi connectivity index (χ4v) is 2.35. The molecule has 2 N–H and O–H groups in total. The summed E-state index contributed by atoms with van der Waals surface area (Å²) < 4.78 is 0. The maximum Gasteiger partial charge on any atom is 0.121 e. The molecular formula is C14H21NO. The highest BCUT2D eigenvalue weighted by atomic mass is 16.3. The van der Waals surface area contributed by atoms with Crippen molar-refractivity contribution in [2.45, 2.75) is 52.1 Å². The smallest absolute Gasteiger partial charge is 0.121 e. The Morgan fingerprint density at radius 1 is 1.25 bits per heavy atom. The van der Waals surface area contributed by atoms with Crippen LogP contribution in [-0.2, 0) is 6.54 Å². The predicted molar refractivity (Wildman–Crippen MR) is 66.7 cm³/mol. The highest BCUT2D eigenvalue weighted by Gasteiger charge is 2.30. The second-order valence-corrected chi connectivity index (χ2v) is 5.35. The fourth-order valence-electron chi connectivity index (χ4n) is 2.35. The normalized spacial score (nSPS) is 18.2. The minimum atomic E-state index is 0.347. The third-order valence-electron chi connectivity index (χ3n) is 3.73. The molecule has 2 heteroatoms. The summed E-state index contributed by atoms with van der Waals surface area (Å²) in [5, 5.41) is 13.3. The molecule has 1 aliphatic carbocycles. The Hall–Kier alpha value is -1.02. The van der Waals surface area contributed by atoms with Crippen molar-refractivity contribution >= 4 is 0 Å². The number of rotatable bonds is 3. The van der Waals surface area contributed by atoms with E-state index in [1.807, 2.05) is 13.8 Å². The lowest BCUT2D eigenvalue weighted by Gasteiger charge is -2.39. The first-order valence-electron chi connectivity index (χ1n) is 6.04. The third-order valence-corrected chi connectivity index (χ3v) is 3.73. The SMILES string of the molecule is Cc1cc(CNC2(C)CCC2)cc(C)c1O. The van der Waals surface area contributed by atoms with Gasteiger partial charge in [-0.15, -0.1) is 0 Å². The van der Waals surface area contributed by atoms with Crippen molar-refractivity contribution in [2.24, 2.45) is 0 Å². The van der Waals surface area contributed by atoms with Gasteiger partial charge in [0.1, 0.15) is 5.75 Å². The monoisotopic (exact) mass is 219 g/mol. The fraction of sp³-hybridized carbons (Fsp3) is 0.571. The molecule has 1 saturated carbocycles. The van der Waals surface area contributed by atoms with Crippen LogP contribution < -0.4 is 5.32 Å². The molecule has 1 aliphatic rings. The van der Waals surface area contributed by atoms with Gasteiger partial charge in [-0.1, -0.05) is 12.1 Å². The summed E-state index contributed by atoms with van der Waals surface area (Å²) in [6.07, 6.45) is 3.91. The van der Waals surface area contributed by atoms with Crippen molar-refractivity contribution in [3.63, 3.8) is 0 Å². The summed E-state index contributed by atoms with van der Waals surface area (Å²) >= 11 is 0. The van der Waals surface area contributed by atoms with E-state index in [9.17, 15) is 5.11 Å². The topological polar surface area (TPSA) is 32.3 Å². The minimum Gasteiger partial charge on any atom is -0.507 e. The van der Waals surface area contributed by atoms with E-state index in [1.165, 1.54) is 24.8 Å². The van der Waals surface area contributed by atoms with E-state index in [2.05, 4.69) is 24.4 Å². The molecular weight excluding hydrogens is 198 g/mol. The number of aromatic hydroxyl groups is 1. The van der Waals surface area contributed by atoms with E-state index in [4.69, 9.17) is 0 Å². The van der Waals surface area contributed by atoms with Crippen LogP contribution in [0.4, 0.5) is 0 Å². The van der Waals surface area contributed by atoms with E-state index in [0.717, 1.165) is 17.7 Å². The first-order valence-corrected chi connectivity index (χ1v) is 6.04. The van der Waals surface area contributed by atoms with Crippen LogP contribution >= 0.6 is 0 Å². The maximum absolute atomic E-state index is 9.70. The number of phenolic OH excluding ortho intramolecular Hbond substituents is 1. The van der Waals surface area contributed by atoms with Gasteiger partial charge in [0.05, 0.1) is 0 Å². The van der Waals surface area contributed by atoms with Crippen LogP contribution in [0.3, 0.4) is 0 Å². The zero-order valence-corrected chi connectivity index (χ0v) is 10.4. The standard InChI is InChI=1S/C14H21NO/c1-10-7-12(8-11(2)13(10)16)9-15-14(3)5-4-6-14/h7-8,15-16H,4-6,9H2,1-3H3. The van der Waals surface area contributed by atoms with Crippen molar-refractivity contribution in [2.75, 3.05) is 0 Å². The molecule has 0 unspecified atom stereocenters. The van der Waals surface area contributed by atoms with Crippen molar-refractivity contribution in [3.05, 3.63) is 28.8 Å². The molecule has 1 aromatic carbocycles. The van der Waals surface area contributed by atoms with Gasteiger partial charge in [-0.05, 0) is 56.7 Å². The van der Waals surface area contributed by atoms with Gasteiger partial charge in [-0.3, -0.25) is 0 Å². The molecule has 0 aromatic heterocycles. The highest BCUT2D eigenvalue weighted by Crippen LogP contribution is 2.31. The number of hydrogen-bond donors (Lipinski definition) is 2. The van der Waals surface area contributed by atoms with E-state index >= 15 is 0 Å². The van der Waals surface area contributed by atoms with E-state index in [-0.39, 0.29) is 0 Å². The number of aryl methyl sites for hydroxylation is 2. The molecule has 0 atom stereocenters. The molecule has 1 fully saturated rings. The van der Waals surface area contributed by atoms with Crippen molar-refractivity contribution in [1.82, 2.24) is 5.32 Å². The molecule has 0 amide bonds. The van der Waals surface area contributed by atoms with Crippen LogP contribution in [0, 0.1) is 13.8 Å². The van der Waals surface area contributed by atoms with Crippen LogP contribution in [0.25, 0.3) is 0 Å². The quantitative estimate of drug-likeness (QED) is 0.819. The van der Waals surface area contributed by atoms with Crippen LogP contribution in [0.5, 0.6) is 5.75 Å². The van der Waals surface area contributed by atoms with Gasteiger partial charge in [-0.2, -0.15) is 0 Å². The highest BCUT2D eigenvalue weighted by molar-refractivity contribution is 5.42. The first kappa shape index (κ1) is 11.5. The molecule has 16 heavy (non-hydrogen) atoms. The lowest BCUT2D eigenvalue weighted by atomic mass is 9.78. The molecule has 0 heterocycles. The Morgan fingerprint density at radius 2 is 1.81 bits per heavy atom. The van der Waals surface area contributed by atoms with E-state index in [0.29, 0.717) is 11.3 Å². The van der Waals surface area contributed by atoms with Crippen LogP contribution in [-0.4, -0.2) is 10.6 Å². The van der Waals surface area contributed by atoms with Crippen LogP contribution in [0.1, 0.15) is 42.9 Å². The molecule has 0 aliphatic heterocycles. The summed E-state index contributed by atoms with van der Waals surface area (Å²) in [5.74, 6) is 0.429. The number of benzene rings is 1. The Balaban J connectivity index is 2.04. The van der Waals surface area contributed by atoms with E-state index in [1.54, 1.807) is 0 Å². The summed E-state index contributed by atoms with van der Waals surface area (Å²) in [6, 6.07) is 4.13. The Bertz CT molecular complexity index is 371. The summed E-state index contributed by atoms with van der Waals surface area (Å²) in [7, 11) is 0. The van der Waals surface area contributed by atoms with Crippen LogP contribution in [0.2, 0.25) is 0 Å². The van der Waals surface area contributed by atoms with Gasteiger partial charge in [0.2, 0.25) is 0 Å². The molecule has 88 valence electrons. The third kappa shape index (κ3) is 2.22. The first-order chi connectivity index (χ1) is 7.50. The second-order valence-electron chi connectivity index (χ2n) is 5.35. The number of phenols is 1. The lowest BCUT2D eigenvalue weighted by molar-refractivity contribution is 0.207. The molecule has 0 radical (unpaired) electrons. The second kappa shape index (κ2) is 4.10. The number of nitrogens with one attached hydrogen (secondary N) is 1. The lowest BCUT2D eigenvalue weighted by Crippen LogP contribution is -2.47. The van der Waals surface area contributed by atoms with Gasteiger partial charge in [-0.25, -0.2) is 0 Å². The summed E-state index contributed by atoms with van der Waals surface area (Å²) in [5.41, 5.74) is 3.55. The zero-order chi connectivity index (χ0) is 11.8. The van der Waals surface area contributed by atoms with Gasteiger partial charge in [0.25, 0.3) is 0 Å². The van der Waals surface area contributed by atoms with Crippen LogP contribution in [0.15, 0.2) is 12.1 Å². The minimum absolute atomic E-state index is 0.347. The largest absolute Gasteiger partial charge is 0.507 e. The van der Waals surface area contributed by atoms with Gasteiger partial charge < -0.3 is 10.4 Å². The van der Waals surface area contributed by atoms with Gasteiger partial charge >= 0.3 is 0 Å². The molecule has 0 saturated heterocycles. The Morgan fingerprint density at radius 3 is 2.25 bits per heavy atom. The predicted octanol–water partition coefficient (Wildman–Crippen LogP) is 3.04. The molecule has 2 nitrogen and oxygen atoms in total. The molecule has 1 aromatic rings. The average molecular weight is 219 g/mol. The molecule has 2 rings (SSSR count). The molecule has 0 bridgehead atoms. The van der Waals surface area contributed by atoms with E-state index < -0.39 is 0 Å². The summed E-state index contributed by atoms with van der Waals surface area (Å²) in [6.45, 7) is 7.10. The Kier molecular flexibility index (Phi) is 2.94. The van der Waals surface area contributed by atoms with Crippen molar-refractivity contribution in [3.8, 4) is 5.75 Å². The van der Waals surface area contributed by atoms with Gasteiger partial charge in [0, 0.05) is 12.1 Å². The maximum atomic E-state index is 9.70. The zero-order valence-electron chi connectivity index (χ0n) is 10.4. The summed E-state index contributed by atoms with van der Waals surface area (Å²) in [4.78, 5) is 0. The molecule has 0 spiro atoms. The average Bonchev–Trinajstić information content (AvgIpc) is 2.20. The van der Waals surface area contributed by atoms with Gasteiger partial charge in [0.15, 0.2) is 0 Å².